The summed E-state index contributed by atoms with van der Waals surface area (Å²) in [6, 6.07) is 12.0. The first-order valence-electron chi connectivity index (χ1n) is 10.5. The zero-order valence-electron chi connectivity index (χ0n) is 17.9. The second kappa shape index (κ2) is 9.25. The summed E-state index contributed by atoms with van der Waals surface area (Å²) in [6.07, 6.45) is 3.96. The Bertz CT molecular complexity index is 1300. The highest BCUT2D eigenvalue weighted by Crippen LogP contribution is 2.39. The number of ketones is 1. The van der Waals surface area contributed by atoms with Crippen LogP contribution in [0, 0.1) is 11.7 Å². The molecule has 1 aromatic carbocycles. The lowest BCUT2D eigenvalue weighted by atomic mass is 9.97. The van der Waals surface area contributed by atoms with E-state index in [2.05, 4.69) is 9.97 Å². The topological polar surface area (TPSA) is 70.5 Å². The number of carbonyl (C=O) groups excluding carboxylic acids is 1. The predicted molar refractivity (Wildman–Crippen MR) is 124 cm³/mol. The van der Waals surface area contributed by atoms with Crippen molar-refractivity contribution >= 4 is 27.3 Å². The van der Waals surface area contributed by atoms with E-state index in [0.717, 1.165) is 20.8 Å². The summed E-state index contributed by atoms with van der Waals surface area (Å²) in [6.45, 7) is 1.26. The minimum atomic E-state index is -0.508. The van der Waals surface area contributed by atoms with Crippen LogP contribution >= 0.6 is 11.3 Å². The van der Waals surface area contributed by atoms with Gasteiger partial charge in [-0.15, -0.1) is 11.3 Å². The molecule has 8 heteroatoms. The number of ether oxygens (including phenoxy) is 3. The summed E-state index contributed by atoms with van der Waals surface area (Å²) < 4.78 is 31.8. The maximum Gasteiger partial charge on any atom is 0.166 e. The van der Waals surface area contributed by atoms with E-state index in [1.165, 1.54) is 17.4 Å². The van der Waals surface area contributed by atoms with Crippen LogP contribution in [-0.4, -0.2) is 36.1 Å². The van der Waals surface area contributed by atoms with Crippen molar-refractivity contribution in [3.05, 3.63) is 66.2 Å². The number of carbonyl (C=O) groups is 1. The van der Waals surface area contributed by atoms with Crippen LogP contribution in [0.5, 0.6) is 17.2 Å². The summed E-state index contributed by atoms with van der Waals surface area (Å²) in [7, 11) is 1.60. The molecule has 0 amide bonds. The Labute approximate surface area is 194 Å². The first kappa shape index (κ1) is 21.5. The Kier molecular flexibility index (Phi) is 6.02. The van der Waals surface area contributed by atoms with Gasteiger partial charge in [0.05, 0.1) is 47.3 Å². The molecule has 0 N–H and O–H groups in total. The maximum atomic E-state index is 14.8. The number of aromatic nitrogens is 2. The van der Waals surface area contributed by atoms with Crippen molar-refractivity contribution in [2.24, 2.45) is 5.92 Å². The van der Waals surface area contributed by atoms with Gasteiger partial charge in [-0.25, -0.2) is 4.39 Å². The van der Waals surface area contributed by atoms with Crippen LogP contribution in [-0.2, 0) is 16.0 Å². The molecule has 1 aliphatic rings. The van der Waals surface area contributed by atoms with E-state index in [9.17, 15) is 9.18 Å². The van der Waals surface area contributed by atoms with E-state index in [4.69, 9.17) is 14.2 Å². The molecule has 4 aromatic rings. The Morgan fingerprint density at radius 2 is 2.03 bits per heavy atom. The normalized spacial score (nSPS) is 13.6. The standard InChI is InChI=1S/C25H21FN2O4S/c1-30-18-3-4-20(28-12-18)24-11-21-25(33-24)23(6-7-27-21)32-22-5-2-15(10-19(22)26)8-17(29)9-16-13-31-14-16/h2-7,10-12,16H,8-9,13-14H2,1H3. The van der Waals surface area contributed by atoms with Crippen molar-refractivity contribution in [2.75, 3.05) is 20.3 Å². The van der Waals surface area contributed by atoms with Gasteiger partial charge in [0.25, 0.3) is 0 Å². The fraction of sp³-hybridized carbons (Fsp3) is 0.240. The van der Waals surface area contributed by atoms with E-state index in [1.807, 2.05) is 18.2 Å². The van der Waals surface area contributed by atoms with E-state index in [1.54, 1.807) is 37.7 Å². The van der Waals surface area contributed by atoms with Crippen molar-refractivity contribution in [1.29, 1.82) is 0 Å². The Morgan fingerprint density at radius 3 is 2.73 bits per heavy atom. The molecule has 0 bridgehead atoms. The van der Waals surface area contributed by atoms with Gasteiger partial charge in [-0.1, -0.05) is 6.07 Å². The third-order valence-electron chi connectivity index (χ3n) is 5.44. The van der Waals surface area contributed by atoms with Crippen molar-refractivity contribution < 1.29 is 23.4 Å². The van der Waals surface area contributed by atoms with Gasteiger partial charge < -0.3 is 14.2 Å². The largest absolute Gasteiger partial charge is 0.495 e. The number of nitrogens with zero attached hydrogens (tertiary/aromatic N) is 2. The molecule has 5 rings (SSSR count). The number of hydrogen-bond donors (Lipinski definition) is 0. The lowest BCUT2D eigenvalue weighted by Gasteiger charge is -2.25. The number of pyridine rings is 2. The molecule has 0 atom stereocenters. The number of thiophene rings is 1. The van der Waals surface area contributed by atoms with Crippen LogP contribution in [0.1, 0.15) is 12.0 Å². The quantitative estimate of drug-likeness (QED) is 0.346. The van der Waals surface area contributed by atoms with Gasteiger partial charge in [0, 0.05) is 31.0 Å². The summed E-state index contributed by atoms with van der Waals surface area (Å²) in [5, 5.41) is 0. The lowest BCUT2D eigenvalue weighted by molar-refractivity contribution is -0.123. The van der Waals surface area contributed by atoms with Gasteiger partial charge in [-0.2, -0.15) is 0 Å². The number of Topliss-reactive ketones (excluding diaryl/α,β-unsaturated/α-hetero) is 1. The molecule has 6 nitrogen and oxygen atoms in total. The van der Waals surface area contributed by atoms with Crippen LogP contribution in [0.4, 0.5) is 4.39 Å². The summed E-state index contributed by atoms with van der Waals surface area (Å²) >= 11 is 1.47. The summed E-state index contributed by atoms with van der Waals surface area (Å²) in [5.41, 5.74) is 2.17. The highest BCUT2D eigenvalue weighted by molar-refractivity contribution is 7.22. The smallest absolute Gasteiger partial charge is 0.166 e. The lowest BCUT2D eigenvalue weighted by Crippen LogP contribution is -2.30. The van der Waals surface area contributed by atoms with Crippen molar-refractivity contribution in [3.63, 3.8) is 0 Å². The highest BCUT2D eigenvalue weighted by atomic mass is 32.1. The van der Waals surface area contributed by atoms with E-state index in [-0.39, 0.29) is 18.0 Å². The molecular weight excluding hydrogens is 443 g/mol. The first-order valence-corrected chi connectivity index (χ1v) is 11.4. The average Bonchev–Trinajstić information content (AvgIpc) is 3.23. The molecule has 1 fully saturated rings. The van der Waals surface area contributed by atoms with Gasteiger partial charge in [0.2, 0.25) is 0 Å². The molecule has 0 spiro atoms. The van der Waals surface area contributed by atoms with E-state index < -0.39 is 5.82 Å². The fourth-order valence-corrected chi connectivity index (χ4v) is 4.69. The third kappa shape index (κ3) is 4.72. The molecule has 0 unspecified atom stereocenters. The second-order valence-electron chi connectivity index (χ2n) is 7.91. The molecule has 4 heterocycles. The summed E-state index contributed by atoms with van der Waals surface area (Å²) in [4.78, 5) is 21.9. The van der Waals surface area contributed by atoms with Gasteiger partial charge >= 0.3 is 0 Å². The number of rotatable bonds is 8. The van der Waals surface area contributed by atoms with Crippen molar-refractivity contribution in [2.45, 2.75) is 12.8 Å². The molecule has 0 saturated carbocycles. The Morgan fingerprint density at radius 1 is 1.15 bits per heavy atom. The maximum absolute atomic E-state index is 14.8. The molecule has 1 saturated heterocycles. The highest BCUT2D eigenvalue weighted by Gasteiger charge is 2.22. The number of methoxy groups -OCH3 is 1. The minimum absolute atomic E-state index is 0.0884. The van der Waals surface area contributed by atoms with E-state index in [0.29, 0.717) is 42.6 Å². The number of benzene rings is 1. The van der Waals surface area contributed by atoms with Crippen LogP contribution in [0.25, 0.3) is 20.8 Å². The Hall–Kier alpha value is -3.36. The van der Waals surface area contributed by atoms with Crippen LogP contribution < -0.4 is 9.47 Å². The van der Waals surface area contributed by atoms with Gasteiger partial charge in [0.1, 0.15) is 17.3 Å². The zero-order chi connectivity index (χ0) is 22.8. The average molecular weight is 465 g/mol. The van der Waals surface area contributed by atoms with Crippen molar-refractivity contribution in [3.8, 4) is 27.8 Å². The molecule has 0 aliphatic carbocycles. The Balaban J connectivity index is 1.35. The predicted octanol–water partition coefficient (Wildman–Crippen LogP) is 5.45. The number of fused-ring (bicyclic) bond motifs is 1. The van der Waals surface area contributed by atoms with Crippen LogP contribution in [0.15, 0.2) is 54.9 Å². The van der Waals surface area contributed by atoms with Gasteiger partial charge in [-0.3, -0.25) is 14.8 Å². The molecule has 168 valence electrons. The summed E-state index contributed by atoms with van der Waals surface area (Å²) in [5.74, 6) is 1.17. The van der Waals surface area contributed by atoms with Gasteiger partial charge in [0.15, 0.2) is 11.6 Å². The SMILES string of the molecule is COc1ccc(-c2cc3nccc(Oc4ccc(CC(=O)CC5COC5)cc4F)c3s2)nc1. The van der Waals surface area contributed by atoms with Crippen LogP contribution in [0.2, 0.25) is 0 Å². The first-order chi connectivity index (χ1) is 16.1. The molecule has 1 aliphatic heterocycles. The van der Waals surface area contributed by atoms with E-state index >= 15 is 0 Å². The molecule has 33 heavy (non-hydrogen) atoms. The van der Waals surface area contributed by atoms with Crippen molar-refractivity contribution in [1.82, 2.24) is 9.97 Å². The van der Waals surface area contributed by atoms with Gasteiger partial charge in [-0.05, 0) is 35.9 Å². The molecule has 0 radical (unpaired) electrons. The minimum Gasteiger partial charge on any atom is -0.495 e. The number of halogens is 1. The monoisotopic (exact) mass is 464 g/mol. The fourth-order valence-electron chi connectivity index (χ4n) is 3.65. The second-order valence-corrected chi connectivity index (χ2v) is 8.96. The molecular formula is C25H21FN2O4S. The third-order valence-corrected chi connectivity index (χ3v) is 6.60. The number of hydrogen-bond acceptors (Lipinski definition) is 7. The zero-order valence-corrected chi connectivity index (χ0v) is 18.7. The molecule has 3 aromatic heterocycles. The van der Waals surface area contributed by atoms with Crippen LogP contribution in [0.3, 0.4) is 0 Å².